The SMILES string of the molecule is COC1=C(Cl)C(=O)C1(F)F. The third-order valence-corrected chi connectivity index (χ3v) is 1.52. The number of ether oxygens (including phenoxy) is 1. The summed E-state index contributed by atoms with van der Waals surface area (Å²) < 4.78 is 28.6. The Bertz CT molecular complexity index is 222. The fraction of sp³-hybridized carbons (Fsp3) is 0.400. The van der Waals surface area contributed by atoms with Crippen LogP contribution in [-0.4, -0.2) is 18.8 Å². The van der Waals surface area contributed by atoms with Crippen molar-refractivity contribution in [2.75, 3.05) is 7.11 Å². The number of Topliss-reactive ketones (excluding diaryl/α,β-unsaturated/α-hetero) is 1. The van der Waals surface area contributed by atoms with Crippen LogP contribution in [0.3, 0.4) is 0 Å². The molecule has 0 radical (unpaired) electrons. The van der Waals surface area contributed by atoms with Crippen LogP contribution in [0, 0.1) is 0 Å². The lowest BCUT2D eigenvalue weighted by Gasteiger charge is -2.25. The smallest absolute Gasteiger partial charge is 0.368 e. The number of hydrogen-bond donors (Lipinski definition) is 0. The van der Waals surface area contributed by atoms with Gasteiger partial charge in [0.2, 0.25) is 0 Å². The molecule has 56 valence electrons. The first-order valence-electron chi connectivity index (χ1n) is 2.38. The molecular formula is C5H3ClF2O2. The number of rotatable bonds is 1. The van der Waals surface area contributed by atoms with Crippen LogP contribution in [-0.2, 0) is 9.53 Å². The summed E-state index contributed by atoms with van der Waals surface area (Å²) in [5, 5.41) is -0.507. The number of halogens is 3. The van der Waals surface area contributed by atoms with Crippen molar-refractivity contribution < 1.29 is 18.3 Å². The average Bonchev–Trinajstić information content (AvgIpc) is 1.88. The van der Waals surface area contributed by atoms with Crippen LogP contribution >= 0.6 is 11.6 Å². The van der Waals surface area contributed by atoms with Gasteiger partial charge in [-0.15, -0.1) is 0 Å². The summed E-state index contributed by atoms with van der Waals surface area (Å²) in [6.07, 6.45) is 0. The molecule has 0 aliphatic heterocycles. The summed E-state index contributed by atoms with van der Waals surface area (Å²) in [6.45, 7) is 0. The van der Waals surface area contributed by atoms with E-state index >= 15 is 0 Å². The van der Waals surface area contributed by atoms with Gasteiger partial charge in [-0.25, -0.2) is 0 Å². The minimum Gasteiger partial charge on any atom is -0.493 e. The van der Waals surface area contributed by atoms with Crippen molar-refractivity contribution >= 4 is 17.4 Å². The molecule has 0 saturated heterocycles. The molecule has 0 unspecified atom stereocenters. The van der Waals surface area contributed by atoms with Crippen molar-refractivity contribution in [1.82, 2.24) is 0 Å². The lowest BCUT2D eigenvalue weighted by molar-refractivity contribution is -0.144. The number of methoxy groups -OCH3 is 1. The zero-order valence-electron chi connectivity index (χ0n) is 4.95. The summed E-state index contributed by atoms with van der Waals surface area (Å²) in [6, 6.07) is 0. The first-order chi connectivity index (χ1) is 4.51. The van der Waals surface area contributed by atoms with Crippen LogP contribution < -0.4 is 0 Å². The fourth-order valence-corrected chi connectivity index (χ4v) is 0.952. The molecule has 2 nitrogen and oxygen atoms in total. The predicted molar refractivity (Wildman–Crippen MR) is 29.8 cm³/mol. The van der Waals surface area contributed by atoms with Crippen molar-refractivity contribution in [3.05, 3.63) is 10.8 Å². The zero-order chi connectivity index (χ0) is 7.94. The topological polar surface area (TPSA) is 26.3 Å². The maximum Gasteiger partial charge on any atom is 0.368 e. The highest BCUT2D eigenvalue weighted by molar-refractivity contribution is 6.47. The fourth-order valence-electron chi connectivity index (χ4n) is 0.637. The molecule has 5 heteroatoms. The van der Waals surface area contributed by atoms with Crippen molar-refractivity contribution in [2.24, 2.45) is 0 Å². The van der Waals surface area contributed by atoms with Crippen LogP contribution in [0.4, 0.5) is 8.78 Å². The molecule has 1 aliphatic carbocycles. The second-order valence-electron chi connectivity index (χ2n) is 1.75. The summed E-state index contributed by atoms with van der Waals surface area (Å²) in [4.78, 5) is 10.2. The Morgan fingerprint density at radius 2 is 2.10 bits per heavy atom. The third kappa shape index (κ3) is 0.653. The van der Waals surface area contributed by atoms with Gasteiger partial charge in [0.1, 0.15) is 5.03 Å². The molecule has 0 saturated carbocycles. The van der Waals surface area contributed by atoms with Gasteiger partial charge in [0.05, 0.1) is 7.11 Å². The van der Waals surface area contributed by atoms with Crippen molar-refractivity contribution in [3.8, 4) is 0 Å². The molecule has 0 spiro atoms. The molecule has 0 fully saturated rings. The van der Waals surface area contributed by atoms with Gasteiger partial charge in [-0.3, -0.25) is 4.79 Å². The first-order valence-corrected chi connectivity index (χ1v) is 2.76. The minimum absolute atomic E-state index is 0.507. The molecule has 0 bridgehead atoms. The molecule has 10 heavy (non-hydrogen) atoms. The lowest BCUT2D eigenvalue weighted by atomic mass is 10.0. The maximum atomic E-state index is 12.2. The Balaban J connectivity index is 3.01. The molecule has 1 aliphatic rings. The van der Waals surface area contributed by atoms with Gasteiger partial charge in [-0.2, -0.15) is 8.78 Å². The van der Waals surface area contributed by atoms with Crippen LogP contribution in [0.2, 0.25) is 0 Å². The van der Waals surface area contributed by atoms with E-state index in [4.69, 9.17) is 11.6 Å². The molecule has 0 amide bonds. The standard InChI is InChI=1S/C5H3ClF2O2/c1-10-4-2(6)3(9)5(4,7)8/h1H3. The Hall–Kier alpha value is -0.640. The molecule has 0 aromatic carbocycles. The van der Waals surface area contributed by atoms with Crippen molar-refractivity contribution in [3.63, 3.8) is 0 Å². The molecule has 0 heterocycles. The second-order valence-corrected chi connectivity index (χ2v) is 2.13. The molecule has 0 N–H and O–H groups in total. The van der Waals surface area contributed by atoms with E-state index in [1.165, 1.54) is 0 Å². The summed E-state index contributed by atoms with van der Waals surface area (Å²) in [5.74, 6) is -5.60. The van der Waals surface area contributed by atoms with Crippen LogP contribution in [0.1, 0.15) is 0 Å². The van der Waals surface area contributed by atoms with Crippen molar-refractivity contribution in [2.45, 2.75) is 5.92 Å². The van der Waals surface area contributed by atoms with Crippen LogP contribution in [0.15, 0.2) is 10.8 Å². The van der Waals surface area contributed by atoms with E-state index in [1.54, 1.807) is 0 Å². The number of allylic oxidation sites excluding steroid dienone is 2. The van der Waals surface area contributed by atoms with E-state index in [1.807, 2.05) is 0 Å². The lowest BCUT2D eigenvalue weighted by Crippen LogP contribution is -2.42. The number of ketones is 1. The highest BCUT2D eigenvalue weighted by atomic mass is 35.5. The molecular weight excluding hydrogens is 166 g/mol. The van der Waals surface area contributed by atoms with Crippen LogP contribution in [0.25, 0.3) is 0 Å². The monoisotopic (exact) mass is 168 g/mol. The Morgan fingerprint density at radius 3 is 2.30 bits per heavy atom. The van der Waals surface area contributed by atoms with Crippen LogP contribution in [0.5, 0.6) is 0 Å². The number of carbonyl (C=O) groups is 1. The average molecular weight is 169 g/mol. The number of hydrogen-bond acceptors (Lipinski definition) is 2. The number of alkyl halides is 2. The quantitative estimate of drug-likeness (QED) is 0.590. The van der Waals surface area contributed by atoms with E-state index in [0.29, 0.717) is 0 Å². The van der Waals surface area contributed by atoms with Gasteiger partial charge in [-0.05, 0) is 0 Å². The molecule has 0 aromatic rings. The highest BCUT2D eigenvalue weighted by Crippen LogP contribution is 2.41. The first kappa shape index (κ1) is 7.47. The normalized spacial score (nSPS) is 22.6. The zero-order valence-corrected chi connectivity index (χ0v) is 5.71. The van der Waals surface area contributed by atoms with Crippen molar-refractivity contribution in [1.29, 1.82) is 0 Å². The largest absolute Gasteiger partial charge is 0.493 e. The Labute approximate surface area is 60.4 Å². The van der Waals surface area contributed by atoms with Gasteiger partial charge >= 0.3 is 5.92 Å². The van der Waals surface area contributed by atoms with E-state index in [9.17, 15) is 13.6 Å². The van der Waals surface area contributed by atoms with Gasteiger partial charge in [0.15, 0.2) is 5.76 Å². The molecule has 1 rings (SSSR count). The molecule has 0 aromatic heterocycles. The van der Waals surface area contributed by atoms with E-state index < -0.39 is 22.5 Å². The van der Waals surface area contributed by atoms with E-state index in [-0.39, 0.29) is 0 Å². The number of carbonyl (C=O) groups excluding carboxylic acids is 1. The van der Waals surface area contributed by atoms with E-state index in [2.05, 4.69) is 4.74 Å². The van der Waals surface area contributed by atoms with Gasteiger partial charge in [0.25, 0.3) is 5.78 Å². The minimum atomic E-state index is -3.49. The summed E-state index contributed by atoms with van der Waals surface area (Å²) in [7, 11) is 1.04. The maximum absolute atomic E-state index is 12.2. The summed E-state index contributed by atoms with van der Waals surface area (Å²) in [5.41, 5.74) is 0. The van der Waals surface area contributed by atoms with Gasteiger partial charge in [0, 0.05) is 0 Å². The van der Waals surface area contributed by atoms with Gasteiger partial charge in [-0.1, -0.05) is 11.6 Å². The second kappa shape index (κ2) is 1.92. The highest BCUT2D eigenvalue weighted by Gasteiger charge is 2.57. The third-order valence-electron chi connectivity index (χ3n) is 1.17. The Morgan fingerprint density at radius 1 is 1.60 bits per heavy atom. The Kier molecular flexibility index (Phi) is 1.43. The predicted octanol–water partition coefficient (Wildman–Crippen LogP) is 1.30. The molecule has 0 atom stereocenters. The van der Waals surface area contributed by atoms with E-state index in [0.717, 1.165) is 7.11 Å². The van der Waals surface area contributed by atoms with Gasteiger partial charge < -0.3 is 4.74 Å². The summed E-state index contributed by atoms with van der Waals surface area (Å²) >= 11 is 5.08.